The van der Waals surface area contributed by atoms with Crippen molar-refractivity contribution in [2.75, 3.05) is 24.3 Å². The fraction of sp³-hybridized carbons (Fsp3) is 0.346. The summed E-state index contributed by atoms with van der Waals surface area (Å²) in [5.74, 6) is 1.60. The van der Waals surface area contributed by atoms with Crippen molar-refractivity contribution in [1.82, 2.24) is 15.3 Å². The third-order valence-electron chi connectivity index (χ3n) is 5.94. The Morgan fingerprint density at radius 1 is 0.938 bits per heavy atom. The summed E-state index contributed by atoms with van der Waals surface area (Å²) in [6.45, 7) is 1.87. The van der Waals surface area contributed by atoms with Crippen LogP contribution >= 0.6 is 0 Å². The lowest BCUT2D eigenvalue weighted by Gasteiger charge is -2.30. The van der Waals surface area contributed by atoms with E-state index in [0.29, 0.717) is 12.0 Å². The molecule has 0 atom stereocenters. The Morgan fingerprint density at radius 2 is 1.59 bits per heavy atom. The number of carbonyl (C=O) groups is 1. The number of fused-ring (bicyclic) bond motifs is 1. The van der Waals surface area contributed by atoms with Gasteiger partial charge in [-0.1, -0.05) is 42.5 Å². The SMILES string of the molecule is C/C(=C\c1ccccc1)C(=O)NC1CCC(Nc2nc(N(C)C)c3ccccc3n2)CC1. The molecule has 2 N–H and O–H groups in total. The smallest absolute Gasteiger partial charge is 0.247 e. The lowest BCUT2D eigenvalue weighted by atomic mass is 9.91. The summed E-state index contributed by atoms with van der Waals surface area (Å²) in [6.07, 6.45) is 5.76. The molecule has 166 valence electrons. The Bertz CT molecular complexity index is 1100. The molecule has 6 nitrogen and oxygen atoms in total. The summed E-state index contributed by atoms with van der Waals surface area (Å²) >= 11 is 0. The second kappa shape index (κ2) is 9.81. The number of nitrogens with one attached hydrogen (secondary N) is 2. The van der Waals surface area contributed by atoms with Crippen LogP contribution in [0.2, 0.25) is 0 Å². The fourth-order valence-electron chi connectivity index (χ4n) is 4.19. The molecule has 3 aromatic rings. The van der Waals surface area contributed by atoms with E-state index in [-0.39, 0.29) is 11.9 Å². The summed E-state index contributed by atoms with van der Waals surface area (Å²) in [5, 5.41) is 7.77. The maximum absolute atomic E-state index is 12.6. The molecule has 1 fully saturated rings. The number of nitrogens with zero attached hydrogens (tertiary/aromatic N) is 3. The van der Waals surface area contributed by atoms with Gasteiger partial charge in [-0.05, 0) is 56.4 Å². The highest BCUT2D eigenvalue weighted by Crippen LogP contribution is 2.26. The number of carbonyl (C=O) groups excluding carboxylic acids is 1. The number of rotatable bonds is 6. The number of benzene rings is 2. The molecule has 1 amide bonds. The van der Waals surface area contributed by atoms with Gasteiger partial charge in [-0.25, -0.2) is 4.98 Å². The van der Waals surface area contributed by atoms with Gasteiger partial charge in [0.1, 0.15) is 5.82 Å². The monoisotopic (exact) mass is 429 g/mol. The first-order valence-electron chi connectivity index (χ1n) is 11.2. The Balaban J connectivity index is 1.34. The molecular weight excluding hydrogens is 398 g/mol. The van der Waals surface area contributed by atoms with Crippen LogP contribution in [0.4, 0.5) is 11.8 Å². The van der Waals surface area contributed by atoms with Crippen LogP contribution in [-0.2, 0) is 4.79 Å². The first-order chi connectivity index (χ1) is 15.5. The highest BCUT2D eigenvalue weighted by atomic mass is 16.1. The van der Waals surface area contributed by atoms with Crippen molar-refractivity contribution in [3.05, 3.63) is 65.7 Å². The number of aromatic nitrogens is 2. The molecule has 0 aliphatic heterocycles. The van der Waals surface area contributed by atoms with E-state index >= 15 is 0 Å². The number of anilines is 2. The third-order valence-corrected chi connectivity index (χ3v) is 5.94. The van der Waals surface area contributed by atoms with E-state index in [2.05, 4.69) is 16.7 Å². The first-order valence-corrected chi connectivity index (χ1v) is 11.2. The van der Waals surface area contributed by atoms with Crippen molar-refractivity contribution in [2.24, 2.45) is 0 Å². The van der Waals surface area contributed by atoms with E-state index in [0.717, 1.165) is 53.5 Å². The zero-order valence-corrected chi connectivity index (χ0v) is 19.0. The highest BCUT2D eigenvalue weighted by Gasteiger charge is 2.23. The van der Waals surface area contributed by atoms with Crippen molar-refractivity contribution < 1.29 is 4.79 Å². The molecule has 1 aliphatic carbocycles. The average Bonchev–Trinajstić information content (AvgIpc) is 2.80. The Kier molecular flexibility index (Phi) is 6.69. The van der Waals surface area contributed by atoms with Crippen LogP contribution in [0.1, 0.15) is 38.2 Å². The minimum Gasteiger partial charge on any atom is -0.362 e. The van der Waals surface area contributed by atoms with Crippen LogP contribution in [0, 0.1) is 0 Å². The lowest BCUT2D eigenvalue weighted by molar-refractivity contribution is -0.118. The Labute approximate surface area is 189 Å². The van der Waals surface area contributed by atoms with Crippen molar-refractivity contribution in [3.8, 4) is 0 Å². The van der Waals surface area contributed by atoms with Gasteiger partial charge in [0, 0.05) is 37.1 Å². The first kappa shape index (κ1) is 21.8. The predicted molar refractivity (Wildman–Crippen MR) is 132 cm³/mol. The molecule has 1 aliphatic rings. The van der Waals surface area contributed by atoms with E-state index < -0.39 is 0 Å². The molecule has 32 heavy (non-hydrogen) atoms. The molecule has 0 bridgehead atoms. The van der Waals surface area contributed by atoms with Gasteiger partial charge >= 0.3 is 0 Å². The largest absolute Gasteiger partial charge is 0.362 e. The van der Waals surface area contributed by atoms with Crippen molar-refractivity contribution in [1.29, 1.82) is 0 Å². The standard InChI is InChI=1S/C26H31N5O/c1-18(17-19-9-5-4-6-10-19)25(32)27-20-13-15-21(16-14-20)28-26-29-23-12-8-7-11-22(23)24(30-26)31(2)3/h4-12,17,20-21H,13-16H2,1-3H3,(H,27,32)(H,28,29,30)/b18-17+. The normalized spacial score (nSPS) is 18.9. The zero-order chi connectivity index (χ0) is 22.5. The maximum atomic E-state index is 12.6. The van der Waals surface area contributed by atoms with Gasteiger partial charge in [-0.2, -0.15) is 4.98 Å². The summed E-state index contributed by atoms with van der Waals surface area (Å²) in [6, 6.07) is 18.5. The molecule has 4 rings (SSSR count). The van der Waals surface area contributed by atoms with Gasteiger partial charge in [0.15, 0.2) is 0 Å². The van der Waals surface area contributed by atoms with Crippen LogP contribution in [0.25, 0.3) is 17.0 Å². The summed E-state index contributed by atoms with van der Waals surface area (Å²) in [5.41, 5.74) is 2.72. The van der Waals surface area contributed by atoms with Crippen molar-refractivity contribution >= 4 is 34.7 Å². The van der Waals surface area contributed by atoms with E-state index in [1.54, 1.807) is 0 Å². The minimum atomic E-state index is 0.0127. The third kappa shape index (κ3) is 5.25. The molecule has 0 radical (unpaired) electrons. The van der Waals surface area contributed by atoms with Gasteiger partial charge in [0.2, 0.25) is 11.9 Å². The van der Waals surface area contributed by atoms with Gasteiger partial charge in [-0.3, -0.25) is 4.79 Å². The van der Waals surface area contributed by atoms with Crippen molar-refractivity contribution in [3.63, 3.8) is 0 Å². The quantitative estimate of drug-likeness (QED) is 0.559. The molecule has 6 heteroatoms. The van der Waals surface area contributed by atoms with Crippen LogP contribution in [0.5, 0.6) is 0 Å². The van der Waals surface area contributed by atoms with Crippen LogP contribution < -0.4 is 15.5 Å². The molecule has 1 heterocycles. The molecule has 0 spiro atoms. The molecule has 1 aromatic heterocycles. The molecule has 2 aromatic carbocycles. The zero-order valence-electron chi connectivity index (χ0n) is 19.0. The summed E-state index contributed by atoms with van der Waals surface area (Å²) in [7, 11) is 4.00. The fourth-order valence-corrected chi connectivity index (χ4v) is 4.19. The number of hydrogen-bond donors (Lipinski definition) is 2. The maximum Gasteiger partial charge on any atom is 0.247 e. The minimum absolute atomic E-state index is 0.0127. The average molecular weight is 430 g/mol. The van der Waals surface area contributed by atoms with Crippen LogP contribution in [-0.4, -0.2) is 42.1 Å². The summed E-state index contributed by atoms with van der Waals surface area (Å²) < 4.78 is 0. The predicted octanol–water partition coefficient (Wildman–Crippen LogP) is 4.64. The number of amides is 1. The van der Waals surface area contributed by atoms with E-state index in [4.69, 9.17) is 9.97 Å². The lowest BCUT2D eigenvalue weighted by Crippen LogP contribution is -2.40. The number of hydrogen-bond acceptors (Lipinski definition) is 5. The van der Waals surface area contributed by atoms with Gasteiger partial charge in [0.05, 0.1) is 5.52 Å². The van der Waals surface area contributed by atoms with Crippen LogP contribution in [0.3, 0.4) is 0 Å². The van der Waals surface area contributed by atoms with Gasteiger partial charge in [0.25, 0.3) is 0 Å². The van der Waals surface area contributed by atoms with Gasteiger partial charge < -0.3 is 15.5 Å². The summed E-state index contributed by atoms with van der Waals surface area (Å²) in [4.78, 5) is 24.1. The molecule has 0 saturated heterocycles. The second-order valence-corrected chi connectivity index (χ2v) is 8.69. The Morgan fingerprint density at radius 3 is 2.31 bits per heavy atom. The van der Waals surface area contributed by atoms with Gasteiger partial charge in [-0.15, -0.1) is 0 Å². The number of para-hydroxylation sites is 1. The highest BCUT2D eigenvalue weighted by molar-refractivity contribution is 5.97. The van der Waals surface area contributed by atoms with E-state index in [1.807, 2.05) is 80.5 Å². The molecule has 0 unspecified atom stereocenters. The molecular formula is C26H31N5O. The molecule has 1 saturated carbocycles. The Hall–Kier alpha value is -3.41. The van der Waals surface area contributed by atoms with Crippen molar-refractivity contribution in [2.45, 2.75) is 44.7 Å². The van der Waals surface area contributed by atoms with Crippen LogP contribution in [0.15, 0.2) is 60.2 Å². The second-order valence-electron chi connectivity index (χ2n) is 8.69. The van der Waals surface area contributed by atoms with E-state index in [1.165, 1.54) is 0 Å². The van der Waals surface area contributed by atoms with E-state index in [9.17, 15) is 4.79 Å². The topological polar surface area (TPSA) is 70.2 Å².